The molecule has 2 saturated carbocycles. The van der Waals surface area contributed by atoms with Gasteiger partial charge in [-0.25, -0.2) is 0 Å². The molecule has 121 valence electrons. The first kappa shape index (κ1) is 21.8. The molecule has 0 atom stereocenters. The van der Waals surface area contributed by atoms with E-state index in [1.165, 1.54) is 0 Å². The summed E-state index contributed by atoms with van der Waals surface area (Å²) in [4.78, 5) is 0. The second-order valence-corrected chi connectivity index (χ2v) is 4.85. The second-order valence-electron chi connectivity index (χ2n) is 4.85. The molecule has 11 radical (unpaired) electrons. The van der Waals surface area contributed by atoms with Crippen LogP contribution in [0, 0.1) is 64.2 Å². The van der Waals surface area contributed by atoms with Gasteiger partial charge in [0.1, 0.15) is 0 Å². The average molecular weight is 363 g/mol. The molecule has 0 heterocycles. The molecule has 25 heavy (non-hydrogen) atoms. The van der Waals surface area contributed by atoms with Crippen molar-refractivity contribution in [2.45, 2.75) is 0 Å². The van der Waals surface area contributed by atoms with Crippen LogP contribution < -0.4 is 5.43 Å². The van der Waals surface area contributed by atoms with Crippen LogP contribution in [0.4, 0.5) is 11.4 Å². The van der Waals surface area contributed by atoms with Gasteiger partial charge < -0.3 is 10.9 Å². The number of nitrogens with zero attached hydrogens (tertiary/aromatic N) is 1. The summed E-state index contributed by atoms with van der Waals surface area (Å²) in [6.45, 7) is 0. The monoisotopic (exact) mass is 363 g/mol. The van der Waals surface area contributed by atoms with Crippen LogP contribution in [-0.2, 0) is 21.7 Å². The maximum atomic E-state index is 4.23. The largest absolute Gasteiger partial charge is 3.00 e. The van der Waals surface area contributed by atoms with Gasteiger partial charge in [-0.2, -0.15) is 0 Å². The fourth-order valence-corrected chi connectivity index (χ4v) is 1.79. The van der Waals surface area contributed by atoms with Crippen LogP contribution in [-0.4, -0.2) is 0 Å². The molecule has 2 nitrogen and oxygen atoms in total. The predicted molar refractivity (Wildman–Crippen MR) is 103 cm³/mol. The van der Waals surface area contributed by atoms with Gasteiger partial charge in [-0.3, -0.25) is 0 Å². The molecule has 1 N–H and O–H groups in total. The van der Waals surface area contributed by atoms with Crippen molar-refractivity contribution in [1.29, 1.82) is 0 Å². The zero-order chi connectivity index (χ0) is 16.7. The third-order valence-corrected chi connectivity index (χ3v) is 2.96. The van der Waals surface area contributed by atoms with Crippen LogP contribution in [0.2, 0.25) is 0 Å². The Kier molecular flexibility index (Phi) is 13.1. The summed E-state index contributed by atoms with van der Waals surface area (Å²) >= 11 is 0. The van der Waals surface area contributed by atoms with Crippen LogP contribution in [0.15, 0.2) is 60.7 Å². The van der Waals surface area contributed by atoms with Crippen LogP contribution in [0.25, 0.3) is 5.43 Å². The molecule has 2 fully saturated rings. The number of rotatable bonds is 3. The summed E-state index contributed by atoms with van der Waals surface area (Å²) in [5, 5.41) is 0. The van der Waals surface area contributed by atoms with Gasteiger partial charge in [0.05, 0.1) is 0 Å². The Hall–Kier alpha value is -1.25. The van der Waals surface area contributed by atoms with E-state index in [9.17, 15) is 0 Å². The third kappa shape index (κ3) is 11.1. The molecule has 0 bridgehead atoms. The number of anilines is 1. The van der Waals surface area contributed by atoms with Crippen molar-refractivity contribution in [2.75, 3.05) is 5.43 Å². The molecule has 0 saturated heterocycles. The molecule has 2 aromatic rings. The van der Waals surface area contributed by atoms with Crippen LogP contribution in [0.1, 0.15) is 0 Å². The molecule has 0 spiro atoms. The molecule has 0 aliphatic heterocycles. The number of hydrogen-bond donors (Lipinski definition) is 1. The number of benzene rings is 2. The summed E-state index contributed by atoms with van der Waals surface area (Å²) in [6, 6.07) is 19.7. The first-order valence-electron chi connectivity index (χ1n) is 7.85. The molecule has 4 rings (SSSR count). The molecule has 3 heteroatoms. The van der Waals surface area contributed by atoms with Crippen molar-refractivity contribution >= 4 is 11.4 Å². The van der Waals surface area contributed by atoms with Crippen molar-refractivity contribution in [3.63, 3.8) is 0 Å². The van der Waals surface area contributed by atoms with E-state index in [-0.39, 0.29) is 21.7 Å². The summed E-state index contributed by atoms with van der Waals surface area (Å²) in [7, 11) is 0. The third-order valence-electron chi connectivity index (χ3n) is 2.96. The summed E-state index contributed by atoms with van der Waals surface area (Å²) < 4.78 is 0. The molecular formula is C22H21N2Ti+2. The Morgan fingerprint density at radius 2 is 0.840 bits per heavy atom. The van der Waals surface area contributed by atoms with E-state index in [1.807, 2.05) is 125 Å². The van der Waals surface area contributed by atoms with Crippen molar-refractivity contribution in [3.8, 4) is 0 Å². The Morgan fingerprint density at radius 1 is 0.480 bits per heavy atom. The predicted octanol–water partition coefficient (Wildman–Crippen LogP) is 5.76. The first-order chi connectivity index (χ1) is 11.9. The molecule has 2 aliphatic rings. The van der Waals surface area contributed by atoms with Gasteiger partial charge in [0.25, 0.3) is 0 Å². The normalized spacial score (nSPS) is 14.9. The summed E-state index contributed by atoms with van der Waals surface area (Å²) in [5.74, 6) is 0. The number of hydrogen-bond acceptors (Lipinski definition) is 1. The Morgan fingerprint density at radius 3 is 1.24 bits per heavy atom. The van der Waals surface area contributed by atoms with Crippen molar-refractivity contribution in [3.05, 3.63) is 130 Å². The summed E-state index contributed by atoms with van der Waals surface area (Å²) in [6.07, 6.45) is 20.0. The zero-order valence-corrected chi connectivity index (χ0v) is 15.6. The van der Waals surface area contributed by atoms with E-state index in [2.05, 4.69) is 10.9 Å². The maximum absolute atomic E-state index is 4.23. The summed E-state index contributed by atoms with van der Waals surface area (Å²) in [5.41, 5.74) is 9.14. The quantitative estimate of drug-likeness (QED) is 0.419. The first-order valence-corrected chi connectivity index (χ1v) is 7.85. The Bertz CT molecular complexity index is 443. The smallest absolute Gasteiger partial charge is 0.598 e. The zero-order valence-electron chi connectivity index (χ0n) is 14.0. The maximum Gasteiger partial charge on any atom is 3.00 e. The fraction of sp³-hybridized carbons (Fsp3) is 0. The van der Waals surface area contributed by atoms with E-state index >= 15 is 0 Å². The molecule has 0 aromatic heterocycles. The molecule has 0 amide bonds. The van der Waals surface area contributed by atoms with Crippen LogP contribution in [0.5, 0.6) is 0 Å². The second kappa shape index (κ2) is 15.0. The number of nitrogens with one attached hydrogen (secondary N) is 1. The molecule has 2 aliphatic carbocycles. The van der Waals surface area contributed by atoms with E-state index in [4.69, 9.17) is 0 Å². The van der Waals surface area contributed by atoms with Gasteiger partial charge in [-0.15, -0.1) is 5.69 Å². The number of para-hydroxylation sites is 2. The molecule has 2 aromatic carbocycles. The minimum absolute atomic E-state index is 0. The van der Waals surface area contributed by atoms with Crippen LogP contribution in [0.3, 0.4) is 0 Å². The van der Waals surface area contributed by atoms with Gasteiger partial charge in [-0.1, -0.05) is 48.5 Å². The molecule has 0 unspecified atom stereocenters. The average Bonchev–Trinajstić information content (AvgIpc) is 3.40. The van der Waals surface area contributed by atoms with E-state index in [0.717, 1.165) is 11.4 Å². The van der Waals surface area contributed by atoms with Crippen molar-refractivity contribution in [2.24, 2.45) is 0 Å². The van der Waals surface area contributed by atoms with Crippen molar-refractivity contribution in [1.82, 2.24) is 0 Å². The van der Waals surface area contributed by atoms with Gasteiger partial charge in [0.15, 0.2) is 0 Å². The van der Waals surface area contributed by atoms with E-state index in [1.54, 1.807) is 0 Å². The van der Waals surface area contributed by atoms with Gasteiger partial charge >= 0.3 is 21.7 Å². The molecular weight excluding hydrogens is 342 g/mol. The minimum Gasteiger partial charge on any atom is -0.598 e. The topological polar surface area (TPSA) is 26.1 Å². The van der Waals surface area contributed by atoms with Gasteiger partial charge in [0.2, 0.25) is 0 Å². The van der Waals surface area contributed by atoms with E-state index < -0.39 is 0 Å². The standard InChI is InChI=1S/C12H11N2.2C5H5.Ti/c1-3-7-11(8-4-1)13-14-12-9-5-2-6-10-12;2*1-2-4-5-3-1;/h1-10,13H;2*1-5H;/q-1;;;+3/i13+1,14+1;;;. The van der Waals surface area contributed by atoms with Gasteiger partial charge in [-0.05, 0) is 76.3 Å². The Labute approximate surface area is 168 Å². The minimum atomic E-state index is 0. The SMILES string of the molecule is [CH]1[CH][CH][CH][CH]1.[CH]1[CH][CH][CH][CH]1.[Ti+3].c1ccc([15N-][15NH]c2ccccc2)cc1. The fourth-order valence-electron chi connectivity index (χ4n) is 1.79. The van der Waals surface area contributed by atoms with Crippen molar-refractivity contribution < 1.29 is 21.7 Å². The van der Waals surface area contributed by atoms with Crippen LogP contribution >= 0.6 is 0 Å². The van der Waals surface area contributed by atoms with E-state index in [0.29, 0.717) is 0 Å². The Balaban J connectivity index is 0.000000233. The van der Waals surface area contributed by atoms with Gasteiger partial charge in [0, 0.05) is 5.69 Å².